The molecule has 128 valence electrons. The van der Waals surface area contributed by atoms with Crippen molar-refractivity contribution in [3.05, 3.63) is 42.5 Å². The lowest BCUT2D eigenvalue weighted by Gasteiger charge is -2.25. The van der Waals surface area contributed by atoms with Crippen molar-refractivity contribution in [2.24, 2.45) is 7.05 Å². The van der Waals surface area contributed by atoms with Gasteiger partial charge in [-0.3, -0.25) is 4.79 Å². The minimum absolute atomic E-state index is 0.128. The highest BCUT2D eigenvalue weighted by atomic mass is 16.1. The fraction of sp³-hybridized carbons (Fsp3) is 0.353. The summed E-state index contributed by atoms with van der Waals surface area (Å²) in [4.78, 5) is 23.4. The molecule has 1 amide bonds. The minimum atomic E-state index is -0.128. The molecule has 0 aromatic carbocycles. The van der Waals surface area contributed by atoms with E-state index in [2.05, 4.69) is 30.4 Å². The lowest BCUT2D eigenvalue weighted by molar-refractivity contribution is 0.0952. The van der Waals surface area contributed by atoms with E-state index < -0.39 is 0 Å². The monoisotopic (exact) mass is 337 g/mol. The number of carbonyl (C=O) groups is 1. The Balaban J connectivity index is 1.48. The van der Waals surface area contributed by atoms with Crippen LogP contribution >= 0.6 is 0 Å². The van der Waals surface area contributed by atoms with Crippen molar-refractivity contribution in [1.29, 1.82) is 0 Å². The Kier molecular flexibility index (Phi) is 4.01. The van der Waals surface area contributed by atoms with Crippen molar-refractivity contribution in [3.8, 4) is 0 Å². The van der Waals surface area contributed by atoms with Crippen molar-refractivity contribution in [2.75, 3.05) is 18.0 Å². The van der Waals surface area contributed by atoms with Gasteiger partial charge in [0.15, 0.2) is 11.5 Å². The van der Waals surface area contributed by atoms with Crippen molar-refractivity contribution in [3.63, 3.8) is 0 Å². The van der Waals surface area contributed by atoms with Crippen LogP contribution in [0.15, 0.2) is 36.9 Å². The number of carbonyl (C=O) groups excluding carboxylic acids is 1. The first-order valence-electron chi connectivity index (χ1n) is 8.32. The molecule has 8 heteroatoms. The van der Waals surface area contributed by atoms with Gasteiger partial charge < -0.3 is 14.8 Å². The van der Waals surface area contributed by atoms with Gasteiger partial charge in [-0.2, -0.15) is 5.10 Å². The Labute approximate surface area is 144 Å². The highest BCUT2D eigenvalue weighted by Crippen LogP contribution is 2.22. The SMILES string of the molecule is Cn1cnc2c(C(=O)NCC3CCCN3c3cccnn3)ccnc21. The first-order valence-corrected chi connectivity index (χ1v) is 8.32. The number of aromatic nitrogens is 5. The summed E-state index contributed by atoms with van der Waals surface area (Å²) in [7, 11) is 1.86. The number of amides is 1. The minimum Gasteiger partial charge on any atom is -0.350 e. The average molecular weight is 337 g/mol. The lowest BCUT2D eigenvalue weighted by atomic mass is 10.2. The van der Waals surface area contributed by atoms with E-state index in [0.717, 1.165) is 25.2 Å². The van der Waals surface area contributed by atoms with E-state index in [1.165, 1.54) is 0 Å². The molecule has 0 saturated carbocycles. The van der Waals surface area contributed by atoms with E-state index in [9.17, 15) is 4.79 Å². The third-order valence-corrected chi connectivity index (χ3v) is 4.57. The molecule has 8 nitrogen and oxygen atoms in total. The average Bonchev–Trinajstić information content (AvgIpc) is 3.27. The molecule has 25 heavy (non-hydrogen) atoms. The van der Waals surface area contributed by atoms with Crippen molar-refractivity contribution >= 4 is 22.9 Å². The number of rotatable bonds is 4. The maximum atomic E-state index is 12.6. The van der Waals surface area contributed by atoms with Crippen LogP contribution in [0, 0.1) is 0 Å². The fourth-order valence-corrected chi connectivity index (χ4v) is 3.31. The zero-order valence-electron chi connectivity index (χ0n) is 14.0. The predicted octanol–water partition coefficient (Wildman–Crippen LogP) is 1.16. The van der Waals surface area contributed by atoms with Gasteiger partial charge in [-0.05, 0) is 31.0 Å². The van der Waals surface area contributed by atoms with E-state index in [4.69, 9.17) is 0 Å². The Bertz CT molecular complexity index is 892. The van der Waals surface area contributed by atoms with E-state index in [-0.39, 0.29) is 11.9 Å². The number of nitrogens with one attached hydrogen (secondary N) is 1. The van der Waals surface area contributed by atoms with Gasteiger partial charge in [-0.25, -0.2) is 9.97 Å². The van der Waals surface area contributed by atoms with Gasteiger partial charge in [-0.15, -0.1) is 5.10 Å². The topological polar surface area (TPSA) is 88.8 Å². The Morgan fingerprint density at radius 1 is 1.32 bits per heavy atom. The lowest BCUT2D eigenvalue weighted by Crippen LogP contribution is -2.40. The predicted molar refractivity (Wildman–Crippen MR) is 93.2 cm³/mol. The molecule has 1 saturated heterocycles. The second kappa shape index (κ2) is 6.46. The number of imidazole rings is 1. The summed E-state index contributed by atoms with van der Waals surface area (Å²) >= 11 is 0. The first kappa shape index (κ1) is 15.5. The van der Waals surface area contributed by atoms with Crippen LogP contribution < -0.4 is 10.2 Å². The maximum absolute atomic E-state index is 12.6. The van der Waals surface area contributed by atoms with Crippen LogP contribution in [-0.2, 0) is 7.05 Å². The van der Waals surface area contributed by atoms with Gasteiger partial charge in [0.1, 0.15) is 5.52 Å². The normalized spacial score (nSPS) is 17.2. The second-order valence-corrected chi connectivity index (χ2v) is 6.17. The number of pyridine rings is 1. The second-order valence-electron chi connectivity index (χ2n) is 6.17. The van der Waals surface area contributed by atoms with Gasteiger partial charge in [0, 0.05) is 38.6 Å². The number of hydrogen-bond donors (Lipinski definition) is 1. The molecular formula is C17H19N7O. The quantitative estimate of drug-likeness (QED) is 0.768. The van der Waals surface area contributed by atoms with Crippen LogP contribution in [0.5, 0.6) is 0 Å². The zero-order chi connectivity index (χ0) is 17.2. The van der Waals surface area contributed by atoms with Crippen LogP contribution in [-0.4, -0.2) is 49.8 Å². The maximum Gasteiger partial charge on any atom is 0.253 e. The van der Waals surface area contributed by atoms with Gasteiger partial charge in [0.05, 0.1) is 11.9 Å². The molecule has 0 aliphatic carbocycles. The first-order chi connectivity index (χ1) is 12.2. The van der Waals surface area contributed by atoms with E-state index >= 15 is 0 Å². The number of nitrogens with zero attached hydrogens (tertiary/aromatic N) is 6. The summed E-state index contributed by atoms with van der Waals surface area (Å²) in [6, 6.07) is 5.76. The molecule has 1 aliphatic heterocycles. The number of hydrogen-bond acceptors (Lipinski definition) is 6. The molecule has 1 aliphatic rings. The van der Waals surface area contributed by atoms with Crippen LogP contribution in [0.1, 0.15) is 23.2 Å². The smallest absolute Gasteiger partial charge is 0.253 e. The molecule has 4 heterocycles. The molecule has 1 fully saturated rings. The molecular weight excluding hydrogens is 318 g/mol. The molecule has 1 atom stereocenters. The Hall–Kier alpha value is -3.03. The van der Waals surface area contributed by atoms with Crippen molar-refractivity contribution in [1.82, 2.24) is 30.0 Å². The number of fused-ring (bicyclic) bond motifs is 1. The van der Waals surface area contributed by atoms with E-state index in [0.29, 0.717) is 23.3 Å². The number of aryl methyl sites for hydroxylation is 1. The summed E-state index contributed by atoms with van der Waals surface area (Å²) < 4.78 is 1.80. The van der Waals surface area contributed by atoms with Crippen LogP contribution in [0.2, 0.25) is 0 Å². The summed E-state index contributed by atoms with van der Waals surface area (Å²) in [6.07, 6.45) is 7.07. The molecule has 4 rings (SSSR count). The fourth-order valence-electron chi connectivity index (χ4n) is 3.31. The van der Waals surface area contributed by atoms with Crippen LogP contribution in [0.4, 0.5) is 5.82 Å². The van der Waals surface area contributed by atoms with Crippen molar-refractivity contribution < 1.29 is 4.79 Å². The van der Waals surface area contributed by atoms with E-state index in [1.807, 2.05) is 19.2 Å². The summed E-state index contributed by atoms with van der Waals surface area (Å²) in [5.74, 6) is 0.729. The number of anilines is 1. The largest absolute Gasteiger partial charge is 0.350 e. The molecule has 3 aromatic rings. The third kappa shape index (κ3) is 2.90. The van der Waals surface area contributed by atoms with Crippen LogP contribution in [0.25, 0.3) is 11.2 Å². The summed E-state index contributed by atoms with van der Waals surface area (Å²) in [5, 5.41) is 11.2. The molecule has 1 unspecified atom stereocenters. The van der Waals surface area contributed by atoms with Gasteiger partial charge in [-0.1, -0.05) is 0 Å². The summed E-state index contributed by atoms with van der Waals surface area (Å²) in [6.45, 7) is 1.49. The third-order valence-electron chi connectivity index (χ3n) is 4.57. The molecule has 1 N–H and O–H groups in total. The zero-order valence-corrected chi connectivity index (χ0v) is 14.0. The molecule has 0 spiro atoms. The standard InChI is InChI=1S/C17H19N7O/c1-23-11-20-15-13(6-8-18-16(15)23)17(25)19-10-12-4-3-9-24(12)14-5-2-7-21-22-14/h2,5-8,11-12H,3-4,9-10H2,1H3,(H,19,25). The highest BCUT2D eigenvalue weighted by Gasteiger charge is 2.26. The van der Waals surface area contributed by atoms with Crippen LogP contribution in [0.3, 0.4) is 0 Å². The Morgan fingerprint density at radius 3 is 3.08 bits per heavy atom. The van der Waals surface area contributed by atoms with Gasteiger partial charge in [0.25, 0.3) is 5.91 Å². The highest BCUT2D eigenvalue weighted by molar-refractivity contribution is 6.04. The molecule has 3 aromatic heterocycles. The van der Waals surface area contributed by atoms with Gasteiger partial charge in [0.2, 0.25) is 0 Å². The molecule has 0 radical (unpaired) electrons. The molecule has 0 bridgehead atoms. The van der Waals surface area contributed by atoms with E-state index in [1.54, 1.807) is 29.4 Å². The van der Waals surface area contributed by atoms with Gasteiger partial charge >= 0.3 is 0 Å². The summed E-state index contributed by atoms with van der Waals surface area (Å²) in [5.41, 5.74) is 1.88. The Morgan fingerprint density at radius 2 is 2.24 bits per heavy atom. The van der Waals surface area contributed by atoms with Crippen molar-refractivity contribution in [2.45, 2.75) is 18.9 Å².